The maximum atomic E-state index is 5.93. The maximum Gasteiger partial charge on any atom is 0.213 e. The molecule has 106 valence electrons. The van der Waals surface area contributed by atoms with Gasteiger partial charge in [-0.15, -0.1) is 0 Å². The fourth-order valence-electron chi connectivity index (χ4n) is 2.02. The number of benzene rings is 1. The Morgan fingerprint density at radius 1 is 1.00 bits per heavy atom. The van der Waals surface area contributed by atoms with Gasteiger partial charge in [-0.1, -0.05) is 45.0 Å². The van der Waals surface area contributed by atoms with E-state index in [1.807, 2.05) is 36.4 Å². The molecule has 0 bridgehead atoms. The lowest BCUT2D eigenvalue weighted by atomic mass is 9.86. The number of aromatic nitrogens is 1. The SMILES string of the molecule is COc1cccc(COc2ccccc2C(C)(C)C)n1. The van der Waals surface area contributed by atoms with Crippen molar-refractivity contribution < 1.29 is 9.47 Å². The zero-order chi connectivity index (χ0) is 14.6. The van der Waals surface area contributed by atoms with E-state index in [1.54, 1.807) is 7.11 Å². The molecule has 0 atom stereocenters. The van der Waals surface area contributed by atoms with Gasteiger partial charge in [0.2, 0.25) is 5.88 Å². The van der Waals surface area contributed by atoms with E-state index in [4.69, 9.17) is 9.47 Å². The summed E-state index contributed by atoms with van der Waals surface area (Å²) in [6.45, 7) is 6.97. The lowest BCUT2D eigenvalue weighted by Crippen LogP contribution is -2.13. The van der Waals surface area contributed by atoms with Gasteiger partial charge in [0.05, 0.1) is 12.8 Å². The Kier molecular flexibility index (Phi) is 4.28. The summed E-state index contributed by atoms with van der Waals surface area (Å²) >= 11 is 0. The first-order valence-corrected chi connectivity index (χ1v) is 6.73. The predicted molar refractivity (Wildman–Crippen MR) is 80.3 cm³/mol. The third kappa shape index (κ3) is 3.50. The molecule has 0 amide bonds. The van der Waals surface area contributed by atoms with Crippen LogP contribution >= 0.6 is 0 Å². The van der Waals surface area contributed by atoms with Crippen molar-refractivity contribution in [3.63, 3.8) is 0 Å². The molecular weight excluding hydrogens is 250 g/mol. The van der Waals surface area contributed by atoms with Crippen LogP contribution in [0.3, 0.4) is 0 Å². The number of nitrogens with zero attached hydrogens (tertiary/aromatic N) is 1. The van der Waals surface area contributed by atoms with Crippen molar-refractivity contribution in [2.75, 3.05) is 7.11 Å². The molecule has 1 aromatic carbocycles. The van der Waals surface area contributed by atoms with Crippen LogP contribution in [0, 0.1) is 0 Å². The first-order valence-electron chi connectivity index (χ1n) is 6.73. The van der Waals surface area contributed by atoms with Crippen molar-refractivity contribution in [3.8, 4) is 11.6 Å². The first kappa shape index (κ1) is 14.4. The summed E-state index contributed by atoms with van der Waals surface area (Å²) in [5.74, 6) is 1.51. The van der Waals surface area contributed by atoms with Crippen LogP contribution < -0.4 is 9.47 Å². The molecule has 0 aliphatic heterocycles. The molecule has 20 heavy (non-hydrogen) atoms. The second-order valence-electron chi connectivity index (χ2n) is 5.71. The minimum Gasteiger partial charge on any atom is -0.487 e. The van der Waals surface area contributed by atoms with Crippen LogP contribution in [-0.4, -0.2) is 12.1 Å². The smallest absolute Gasteiger partial charge is 0.213 e. The maximum absolute atomic E-state index is 5.93. The molecule has 0 spiro atoms. The average Bonchev–Trinajstić information content (AvgIpc) is 2.44. The molecule has 0 unspecified atom stereocenters. The molecule has 2 aromatic rings. The molecule has 0 aliphatic carbocycles. The van der Waals surface area contributed by atoms with Crippen molar-refractivity contribution in [2.45, 2.75) is 32.8 Å². The zero-order valence-corrected chi connectivity index (χ0v) is 12.5. The largest absolute Gasteiger partial charge is 0.487 e. The highest BCUT2D eigenvalue weighted by Crippen LogP contribution is 2.31. The van der Waals surface area contributed by atoms with Gasteiger partial charge in [-0.05, 0) is 23.1 Å². The summed E-state index contributed by atoms with van der Waals surface area (Å²) in [5.41, 5.74) is 2.11. The van der Waals surface area contributed by atoms with Crippen molar-refractivity contribution in [1.82, 2.24) is 4.98 Å². The Bertz CT molecular complexity index is 573. The van der Waals surface area contributed by atoms with Crippen LogP contribution in [0.1, 0.15) is 32.0 Å². The van der Waals surface area contributed by atoms with Gasteiger partial charge >= 0.3 is 0 Å². The van der Waals surface area contributed by atoms with E-state index in [2.05, 4.69) is 31.8 Å². The Morgan fingerprint density at radius 3 is 2.45 bits per heavy atom. The minimum absolute atomic E-state index is 0.0540. The lowest BCUT2D eigenvalue weighted by molar-refractivity contribution is 0.290. The fraction of sp³-hybridized carbons (Fsp3) is 0.353. The molecule has 0 N–H and O–H groups in total. The van der Waals surface area contributed by atoms with Crippen LogP contribution in [0.25, 0.3) is 0 Å². The second kappa shape index (κ2) is 5.95. The summed E-state index contributed by atoms with van der Waals surface area (Å²) in [7, 11) is 1.61. The van der Waals surface area contributed by atoms with Gasteiger partial charge in [-0.25, -0.2) is 4.98 Å². The predicted octanol–water partition coefficient (Wildman–Crippen LogP) is 3.97. The number of ether oxygens (including phenoxy) is 2. The molecule has 0 saturated heterocycles. The first-order chi connectivity index (χ1) is 9.50. The average molecular weight is 271 g/mol. The molecule has 0 aliphatic rings. The highest BCUT2D eigenvalue weighted by atomic mass is 16.5. The third-order valence-electron chi connectivity index (χ3n) is 3.06. The second-order valence-corrected chi connectivity index (χ2v) is 5.71. The van der Waals surface area contributed by atoms with Gasteiger partial charge in [0, 0.05) is 6.07 Å². The van der Waals surface area contributed by atoms with Gasteiger partial charge in [0.25, 0.3) is 0 Å². The van der Waals surface area contributed by atoms with Gasteiger partial charge < -0.3 is 9.47 Å². The lowest BCUT2D eigenvalue weighted by Gasteiger charge is -2.22. The van der Waals surface area contributed by atoms with Gasteiger partial charge in [-0.3, -0.25) is 0 Å². The zero-order valence-electron chi connectivity index (χ0n) is 12.5. The molecular formula is C17H21NO2. The molecule has 3 nitrogen and oxygen atoms in total. The monoisotopic (exact) mass is 271 g/mol. The van der Waals surface area contributed by atoms with Gasteiger partial charge in [0.1, 0.15) is 12.4 Å². The minimum atomic E-state index is 0.0540. The van der Waals surface area contributed by atoms with Crippen molar-refractivity contribution in [1.29, 1.82) is 0 Å². The summed E-state index contributed by atoms with van der Waals surface area (Å²) in [5, 5.41) is 0. The van der Waals surface area contributed by atoms with Crippen LogP contribution in [0.15, 0.2) is 42.5 Å². The molecule has 3 heteroatoms. The quantitative estimate of drug-likeness (QED) is 0.843. The van der Waals surface area contributed by atoms with Crippen LogP contribution in [0.5, 0.6) is 11.6 Å². The molecule has 0 radical (unpaired) electrons. The highest BCUT2D eigenvalue weighted by molar-refractivity contribution is 5.38. The van der Waals surface area contributed by atoms with Crippen molar-refractivity contribution in [2.24, 2.45) is 0 Å². The van der Waals surface area contributed by atoms with E-state index >= 15 is 0 Å². The van der Waals surface area contributed by atoms with Crippen LogP contribution in [0.4, 0.5) is 0 Å². The van der Waals surface area contributed by atoms with Crippen LogP contribution in [-0.2, 0) is 12.0 Å². The van der Waals surface area contributed by atoms with Crippen molar-refractivity contribution in [3.05, 3.63) is 53.7 Å². The van der Waals surface area contributed by atoms with E-state index in [1.165, 1.54) is 5.56 Å². The van der Waals surface area contributed by atoms with Crippen LogP contribution in [0.2, 0.25) is 0 Å². The Labute approximate surface area is 120 Å². The third-order valence-corrected chi connectivity index (χ3v) is 3.06. The summed E-state index contributed by atoms with van der Waals surface area (Å²) < 4.78 is 11.0. The molecule has 1 heterocycles. The number of hydrogen-bond acceptors (Lipinski definition) is 3. The number of hydrogen-bond donors (Lipinski definition) is 0. The van der Waals surface area contributed by atoms with Gasteiger partial charge in [-0.2, -0.15) is 0 Å². The fourth-order valence-corrected chi connectivity index (χ4v) is 2.02. The number of methoxy groups -OCH3 is 1. The summed E-state index contributed by atoms with van der Waals surface area (Å²) in [6.07, 6.45) is 0. The topological polar surface area (TPSA) is 31.4 Å². The summed E-state index contributed by atoms with van der Waals surface area (Å²) in [6, 6.07) is 13.8. The Balaban J connectivity index is 2.15. The van der Waals surface area contributed by atoms with E-state index in [9.17, 15) is 0 Å². The number of pyridine rings is 1. The van der Waals surface area contributed by atoms with E-state index < -0.39 is 0 Å². The highest BCUT2D eigenvalue weighted by Gasteiger charge is 2.18. The van der Waals surface area contributed by atoms with E-state index in [-0.39, 0.29) is 5.41 Å². The Hall–Kier alpha value is -2.03. The molecule has 0 saturated carbocycles. The van der Waals surface area contributed by atoms with Crippen molar-refractivity contribution >= 4 is 0 Å². The molecule has 1 aromatic heterocycles. The summed E-state index contributed by atoms with van der Waals surface area (Å²) in [4.78, 5) is 4.35. The van der Waals surface area contributed by atoms with E-state index in [0.717, 1.165) is 11.4 Å². The molecule has 0 fully saturated rings. The number of rotatable bonds is 4. The molecule has 2 rings (SSSR count). The number of para-hydroxylation sites is 1. The normalized spacial score (nSPS) is 11.2. The van der Waals surface area contributed by atoms with E-state index in [0.29, 0.717) is 12.5 Å². The Morgan fingerprint density at radius 2 is 1.75 bits per heavy atom. The standard InChI is InChI=1S/C17H21NO2/c1-17(2,3)14-9-5-6-10-15(14)20-12-13-8-7-11-16(18-13)19-4/h5-11H,12H2,1-4H3. The van der Waals surface area contributed by atoms with Gasteiger partial charge in [0.15, 0.2) is 0 Å².